The summed E-state index contributed by atoms with van der Waals surface area (Å²) in [6.07, 6.45) is 1.72. The molecule has 0 radical (unpaired) electrons. The van der Waals surface area contributed by atoms with Gasteiger partial charge in [-0.25, -0.2) is 0 Å². The molecule has 2 aromatic heterocycles. The van der Waals surface area contributed by atoms with Gasteiger partial charge < -0.3 is 10.6 Å². The van der Waals surface area contributed by atoms with E-state index in [0.29, 0.717) is 39.1 Å². The van der Waals surface area contributed by atoms with Crippen LogP contribution in [0.2, 0.25) is 15.1 Å². The molecule has 0 aliphatic rings. The second-order valence-electron chi connectivity index (χ2n) is 7.97. The summed E-state index contributed by atoms with van der Waals surface area (Å²) >= 11 is 24.2. The van der Waals surface area contributed by atoms with Gasteiger partial charge in [-0.05, 0) is 61.8 Å². The van der Waals surface area contributed by atoms with Gasteiger partial charge in [0, 0.05) is 16.2 Å². The zero-order valence-electron chi connectivity index (χ0n) is 18.9. The SMILES string of the molecule is Cc1ccccc1Cn1nc(C)c(NC(=S)Nc2nn(Cc3ccc(Cl)cc3Cl)cc2Cl)c1C. The second kappa shape index (κ2) is 10.4. The first-order valence-corrected chi connectivity index (χ1v) is 12.1. The molecule has 176 valence electrons. The monoisotopic (exact) mass is 532 g/mol. The highest BCUT2D eigenvalue weighted by atomic mass is 35.5. The number of aryl methyl sites for hydroxylation is 2. The van der Waals surface area contributed by atoms with Crippen molar-refractivity contribution in [1.29, 1.82) is 0 Å². The summed E-state index contributed by atoms with van der Waals surface area (Å²) in [6, 6.07) is 13.6. The normalized spacial score (nSPS) is 11.0. The average molecular weight is 534 g/mol. The van der Waals surface area contributed by atoms with Crippen LogP contribution in [0.1, 0.15) is 28.1 Å². The Labute approximate surface area is 218 Å². The van der Waals surface area contributed by atoms with Crippen LogP contribution in [0.5, 0.6) is 0 Å². The van der Waals surface area contributed by atoms with E-state index in [1.807, 2.05) is 36.7 Å². The van der Waals surface area contributed by atoms with E-state index in [2.05, 4.69) is 39.9 Å². The van der Waals surface area contributed by atoms with Gasteiger partial charge in [-0.15, -0.1) is 0 Å². The van der Waals surface area contributed by atoms with E-state index in [1.54, 1.807) is 23.0 Å². The molecule has 0 amide bonds. The van der Waals surface area contributed by atoms with E-state index >= 15 is 0 Å². The Morgan fingerprint density at radius 1 is 0.912 bits per heavy atom. The van der Waals surface area contributed by atoms with Crippen molar-refractivity contribution in [3.8, 4) is 0 Å². The van der Waals surface area contributed by atoms with Gasteiger partial charge in [-0.1, -0.05) is 65.1 Å². The molecule has 0 saturated carbocycles. The van der Waals surface area contributed by atoms with Gasteiger partial charge >= 0.3 is 0 Å². The number of hydrogen-bond donors (Lipinski definition) is 2. The van der Waals surface area contributed by atoms with E-state index in [-0.39, 0.29) is 0 Å². The third-order valence-electron chi connectivity index (χ3n) is 5.50. The van der Waals surface area contributed by atoms with Crippen molar-refractivity contribution >= 4 is 63.6 Å². The molecule has 2 aromatic carbocycles. The van der Waals surface area contributed by atoms with Crippen LogP contribution >= 0.6 is 47.0 Å². The number of thiocarbonyl (C=S) groups is 1. The molecular weight excluding hydrogens is 511 g/mol. The minimum Gasteiger partial charge on any atom is -0.329 e. The lowest BCUT2D eigenvalue weighted by molar-refractivity contribution is 0.657. The first-order chi connectivity index (χ1) is 16.2. The fraction of sp³-hybridized carbons (Fsp3) is 0.208. The average Bonchev–Trinajstić information content (AvgIpc) is 3.25. The maximum atomic E-state index is 6.39. The molecule has 0 unspecified atom stereocenters. The minimum absolute atomic E-state index is 0.373. The fourth-order valence-electron chi connectivity index (χ4n) is 3.62. The van der Waals surface area contributed by atoms with Crippen molar-refractivity contribution in [3.63, 3.8) is 0 Å². The third-order valence-corrected chi connectivity index (χ3v) is 6.57. The van der Waals surface area contributed by atoms with Crippen molar-refractivity contribution in [2.75, 3.05) is 10.6 Å². The summed E-state index contributed by atoms with van der Waals surface area (Å²) < 4.78 is 3.67. The highest BCUT2D eigenvalue weighted by Gasteiger charge is 2.16. The largest absolute Gasteiger partial charge is 0.329 e. The Bertz CT molecular complexity index is 1360. The Morgan fingerprint density at radius 3 is 2.41 bits per heavy atom. The molecule has 0 aliphatic heterocycles. The van der Waals surface area contributed by atoms with Crippen molar-refractivity contribution in [3.05, 3.63) is 91.8 Å². The lowest BCUT2D eigenvalue weighted by Crippen LogP contribution is -2.20. The van der Waals surface area contributed by atoms with Gasteiger partial charge in [-0.2, -0.15) is 10.2 Å². The molecule has 6 nitrogen and oxygen atoms in total. The first kappa shape index (κ1) is 24.5. The Hall–Kier alpha value is -2.58. The van der Waals surface area contributed by atoms with Crippen LogP contribution in [0, 0.1) is 20.8 Å². The highest BCUT2D eigenvalue weighted by molar-refractivity contribution is 7.80. The van der Waals surface area contributed by atoms with Crippen molar-refractivity contribution in [1.82, 2.24) is 19.6 Å². The number of benzene rings is 2. The maximum absolute atomic E-state index is 6.39. The van der Waals surface area contributed by atoms with E-state index in [0.717, 1.165) is 22.6 Å². The summed E-state index contributed by atoms with van der Waals surface area (Å²) in [5, 5.41) is 17.5. The summed E-state index contributed by atoms with van der Waals surface area (Å²) in [5.41, 5.74) is 6.02. The predicted octanol–water partition coefficient (Wildman–Crippen LogP) is 6.87. The summed E-state index contributed by atoms with van der Waals surface area (Å²) in [7, 11) is 0. The van der Waals surface area contributed by atoms with Crippen LogP contribution in [0.15, 0.2) is 48.7 Å². The minimum atomic E-state index is 0.373. The van der Waals surface area contributed by atoms with E-state index in [1.165, 1.54) is 11.1 Å². The maximum Gasteiger partial charge on any atom is 0.176 e. The van der Waals surface area contributed by atoms with Crippen molar-refractivity contribution < 1.29 is 0 Å². The second-order valence-corrected chi connectivity index (χ2v) is 9.63. The molecule has 0 bridgehead atoms. The Morgan fingerprint density at radius 2 is 1.68 bits per heavy atom. The van der Waals surface area contributed by atoms with Gasteiger partial charge in [0.15, 0.2) is 10.9 Å². The number of anilines is 2. The molecule has 0 saturated heterocycles. The molecule has 4 aromatic rings. The number of hydrogen-bond acceptors (Lipinski definition) is 3. The Kier molecular flexibility index (Phi) is 7.48. The van der Waals surface area contributed by atoms with Crippen molar-refractivity contribution in [2.45, 2.75) is 33.9 Å². The zero-order chi connectivity index (χ0) is 24.4. The molecule has 0 spiro atoms. The van der Waals surface area contributed by atoms with E-state index in [9.17, 15) is 0 Å². The molecule has 0 atom stereocenters. The fourth-order valence-corrected chi connectivity index (χ4v) is 4.48. The number of aromatic nitrogens is 4. The zero-order valence-corrected chi connectivity index (χ0v) is 21.9. The molecule has 4 rings (SSSR count). The van der Waals surface area contributed by atoms with Crippen LogP contribution in [-0.4, -0.2) is 24.7 Å². The number of rotatable bonds is 6. The number of nitrogens with zero attached hydrogens (tertiary/aromatic N) is 4. The standard InChI is InChI=1S/C24H23Cl3N6S/c1-14-6-4-5-7-17(14)12-33-16(3)22(15(2)30-33)28-24(34)29-23-21(27)13-32(31-23)11-18-8-9-19(25)10-20(18)26/h4-10,13H,11-12H2,1-3H3,(H2,28,29,31,34). The quantitative estimate of drug-likeness (QED) is 0.265. The lowest BCUT2D eigenvalue weighted by Gasteiger charge is -2.11. The molecule has 10 heteroatoms. The van der Waals surface area contributed by atoms with Gasteiger partial charge in [0.25, 0.3) is 0 Å². The lowest BCUT2D eigenvalue weighted by atomic mass is 10.1. The molecule has 34 heavy (non-hydrogen) atoms. The van der Waals surface area contributed by atoms with Crippen LogP contribution < -0.4 is 10.6 Å². The number of nitrogens with one attached hydrogen (secondary N) is 2. The summed E-state index contributed by atoms with van der Waals surface area (Å²) in [4.78, 5) is 0. The van der Waals surface area contributed by atoms with Gasteiger partial charge in [-0.3, -0.25) is 9.36 Å². The van der Waals surface area contributed by atoms with Crippen LogP contribution in [0.3, 0.4) is 0 Å². The van der Waals surface area contributed by atoms with Gasteiger partial charge in [0.2, 0.25) is 0 Å². The van der Waals surface area contributed by atoms with Crippen LogP contribution in [-0.2, 0) is 13.1 Å². The highest BCUT2D eigenvalue weighted by Crippen LogP contribution is 2.25. The molecule has 0 fully saturated rings. The first-order valence-electron chi connectivity index (χ1n) is 10.5. The smallest absolute Gasteiger partial charge is 0.176 e. The third kappa shape index (κ3) is 5.55. The predicted molar refractivity (Wildman–Crippen MR) is 145 cm³/mol. The molecular formula is C24H23Cl3N6S. The van der Waals surface area contributed by atoms with E-state index < -0.39 is 0 Å². The van der Waals surface area contributed by atoms with Crippen molar-refractivity contribution in [2.24, 2.45) is 0 Å². The topological polar surface area (TPSA) is 59.7 Å². The number of halogens is 3. The van der Waals surface area contributed by atoms with E-state index in [4.69, 9.17) is 47.0 Å². The molecule has 2 N–H and O–H groups in total. The van der Waals surface area contributed by atoms with Crippen LogP contribution in [0.25, 0.3) is 0 Å². The van der Waals surface area contributed by atoms with Gasteiger partial charge in [0.05, 0.1) is 30.2 Å². The van der Waals surface area contributed by atoms with Gasteiger partial charge in [0.1, 0.15) is 5.02 Å². The van der Waals surface area contributed by atoms with Crippen LogP contribution in [0.4, 0.5) is 11.5 Å². The summed E-state index contributed by atoms with van der Waals surface area (Å²) in [5.74, 6) is 0.451. The molecule has 0 aliphatic carbocycles. The molecule has 2 heterocycles. The Balaban J connectivity index is 1.45. The summed E-state index contributed by atoms with van der Waals surface area (Å²) in [6.45, 7) is 7.19.